The molecule has 1 aromatic carbocycles. The number of nitrogens with zero attached hydrogens (tertiary/aromatic N) is 1. The van der Waals surface area contributed by atoms with E-state index in [4.69, 9.17) is 5.11 Å². The number of aliphatic carboxylic acids is 1. The second-order valence-electron chi connectivity index (χ2n) is 5.98. The predicted octanol–water partition coefficient (Wildman–Crippen LogP) is 3.52. The van der Waals surface area contributed by atoms with Gasteiger partial charge in [0.05, 0.1) is 0 Å². The Morgan fingerprint density at radius 3 is 2.85 bits per heavy atom. The number of aryl methyl sites for hydroxylation is 2. The van der Waals surface area contributed by atoms with Crippen molar-refractivity contribution < 1.29 is 9.90 Å². The normalized spacial score (nSPS) is 20.0. The van der Waals surface area contributed by atoms with E-state index in [1.54, 1.807) is 0 Å². The molecule has 1 aromatic rings. The Kier molecular flexibility index (Phi) is 5.18. The van der Waals surface area contributed by atoms with E-state index in [2.05, 4.69) is 36.9 Å². The van der Waals surface area contributed by atoms with Crippen molar-refractivity contribution in [3.63, 3.8) is 0 Å². The molecule has 2 rings (SSSR count). The first-order valence-electron chi connectivity index (χ1n) is 7.58. The molecule has 1 aliphatic rings. The van der Waals surface area contributed by atoms with Crippen molar-refractivity contribution in [1.29, 1.82) is 0 Å². The highest BCUT2D eigenvalue weighted by atomic mass is 16.4. The number of hydrogen-bond donors (Lipinski definition) is 1. The smallest absolute Gasteiger partial charge is 0.303 e. The summed E-state index contributed by atoms with van der Waals surface area (Å²) >= 11 is 0. The van der Waals surface area contributed by atoms with Crippen molar-refractivity contribution in [3.8, 4) is 0 Å². The lowest BCUT2D eigenvalue weighted by atomic mass is 9.96. The number of carbonyl (C=O) groups is 1. The van der Waals surface area contributed by atoms with E-state index < -0.39 is 5.97 Å². The summed E-state index contributed by atoms with van der Waals surface area (Å²) in [4.78, 5) is 13.3. The molecule has 0 spiro atoms. The van der Waals surface area contributed by atoms with E-state index in [9.17, 15) is 4.79 Å². The van der Waals surface area contributed by atoms with E-state index in [0.717, 1.165) is 25.9 Å². The van der Waals surface area contributed by atoms with Gasteiger partial charge in [0.25, 0.3) is 0 Å². The zero-order chi connectivity index (χ0) is 14.5. The molecule has 1 atom stereocenters. The Balaban J connectivity index is 2.02. The van der Waals surface area contributed by atoms with Crippen LogP contribution in [0.3, 0.4) is 0 Å². The molecule has 1 N–H and O–H groups in total. The van der Waals surface area contributed by atoms with Crippen molar-refractivity contribution in [2.75, 3.05) is 6.54 Å². The van der Waals surface area contributed by atoms with Crippen LogP contribution in [-0.4, -0.2) is 28.6 Å². The lowest BCUT2D eigenvalue weighted by Gasteiger charge is -2.36. The fourth-order valence-corrected chi connectivity index (χ4v) is 3.13. The Morgan fingerprint density at radius 1 is 1.35 bits per heavy atom. The zero-order valence-electron chi connectivity index (χ0n) is 12.6. The van der Waals surface area contributed by atoms with Gasteiger partial charge in [-0.1, -0.05) is 30.2 Å². The molecule has 1 unspecified atom stereocenters. The van der Waals surface area contributed by atoms with Crippen molar-refractivity contribution in [1.82, 2.24) is 4.90 Å². The van der Waals surface area contributed by atoms with Crippen LogP contribution in [0.5, 0.6) is 0 Å². The fourth-order valence-electron chi connectivity index (χ4n) is 3.13. The Bertz CT molecular complexity index is 470. The number of rotatable bonds is 5. The summed E-state index contributed by atoms with van der Waals surface area (Å²) < 4.78 is 0. The van der Waals surface area contributed by atoms with Crippen LogP contribution in [0.1, 0.15) is 48.8 Å². The summed E-state index contributed by atoms with van der Waals surface area (Å²) in [5, 5.41) is 8.88. The average molecular weight is 275 g/mol. The maximum atomic E-state index is 10.8. The highest BCUT2D eigenvalue weighted by Crippen LogP contribution is 2.24. The molecule has 3 nitrogen and oxygen atoms in total. The van der Waals surface area contributed by atoms with Crippen LogP contribution in [-0.2, 0) is 11.3 Å². The summed E-state index contributed by atoms with van der Waals surface area (Å²) in [5.41, 5.74) is 4.01. The van der Waals surface area contributed by atoms with Crippen LogP contribution in [0.2, 0.25) is 0 Å². The first-order chi connectivity index (χ1) is 9.56. The van der Waals surface area contributed by atoms with Gasteiger partial charge >= 0.3 is 5.97 Å². The summed E-state index contributed by atoms with van der Waals surface area (Å²) in [6, 6.07) is 7.04. The largest absolute Gasteiger partial charge is 0.481 e. The molecule has 0 saturated carbocycles. The molecule has 0 radical (unpaired) electrons. The van der Waals surface area contributed by atoms with Crippen LogP contribution in [0.15, 0.2) is 18.2 Å². The minimum Gasteiger partial charge on any atom is -0.481 e. The third-order valence-electron chi connectivity index (χ3n) is 4.31. The van der Waals surface area contributed by atoms with E-state index in [0.29, 0.717) is 6.04 Å². The molecular weight excluding hydrogens is 250 g/mol. The molecule has 0 amide bonds. The second kappa shape index (κ2) is 6.89. The molecule has 0 bridgehead atoms. The van der Waals surface area contributed by atoms with Crippen molar-refractivity contribution >= 4 is 5.97 Å². The van der Waals surface area contributed by atoms with Crippen LogP contribution in [0.25, 0.3) is 0 Å². The first kappa shape index (κ1) is 15.0. The fraction of sp³-hybridized carbons (Fsp3) is 0.588. The highest BCUT2D eigenvalue weighted by Gasteiger charge is 2.23. The van der Waals surface area contributed by atoms with Crippen molar-refractivity contribution in [2.45, 2.75) is 58.5 Å². The molecule has 110 valence electrons. The summed E-state index contributed by atoms with van der Waals surface area (Å²) in [7, 11) is 0. The van der Waals surface area contributed by atoms with Gasteiger partial charge in [-0.3, -0.25) is 9.69 Å². The Hall–Kier alpha value is -1.35. The SMILES string of the molecule is Cc1ccc(CN2CCCCC2CCC(=O)O)c(C)c1. The molecule has 0 aromatic heterocycles. The van der Waals surface area contributed by atoms with Crippen molar-refractivity contribution in [3.05, 3.63) is 34.9 Å². The number of carboxylic acids is 1. The van der Waals surface area contributed by atoms with E-state index in [1.165, 1.54) is 29.5 Å². The number of piperidine rings is 1. The maximum absolute atomic E-state index is 10.8. The Labute approximate surface area is 121 Å². The van der Waals surface area contributed by atoms with Gasteiger partial charge in [0.1, 0.15) is 0 Å². The topological polar surface area (TPSA) is 40.5 Å². The monoisotopic (exact) mass is 275 g/mol. The van der Waals surface area contributed by atoms with Gasteiger partial charge in [0, 0.05) is 19.0 Å². The van der Waals surface area contributed by atoms with Gasteiger partial charge in [-0.05, 0) is 50.8 Å². The summed E-state index contributed by atoms with van der Waals surface area (Å²) in [6.45, 7) is 6.33. The molecule has 0 aliphatic carbocycles. The molecule has 20 heavy (non-hydrogen) atoms. The number of benzene rings is 1. The predicted molar refractivity (Wildman–Crippen MR) is 80.8 cm³/mol. The van der Waals surface area contributed by atoms with Crippen molar-refractivity contribution in [2.24, 2.45) is 0 Å². The minimum absolute atomic E-state index is 0.286. The zero-order valence-corrected chi connectivity index (χ0v) is 12.6. The lowest BCUT2D eigenvalue weighted by Crippen LogP contribution is -2.39. The molecule has 1 fully saturated rings. The number of carboxylic acid groups (broad SMARTS) is 1. The van der Waals surface area contributed by atoms with Crippen LogP contribution >= 0.6 is 0 Å². The molecule has 1 saturated heterocycles. The average Bonchev–Trinajstić information content (AvgIpc) is 2.41. The minimum atomic E-state index is -0.679. The lowest BCUT2D eigenvalue weighted by molar-refractivity contribution is -0.137. The third-order valence-corrected chi connectivity index (χ3v) is 4.31. The maximum Gasteiger partial charge on any atom is 0.303 e. The van der Waals surface area contributed by atoms with Crippen LogP contribution in [0.4, 0.5) is 0 Å². The second-order valence-corrected chi connectivity index (χ2v) is 5.98. The van der Waals surface area contributed by atoms with Gasteiger partial charge in [0.15, 0.2) is 0 Å². The van der Waals surface area contributed by atoms with E-state index >= 15 is 0 Å². The van der Waals surface area contributed by atoms with E-state index in [1.807, 2.05) is 0 Å². The number of likely N-dealkylation sites (tertiary alicyclic amines) is 1. The Morgan fingerprint density at radius 2 is 2.15 bits per heavy atom. The van der Waals surface area contributed by atoms with Gasteiger partial charge in [-0.2, -0.15) is 0 Å². The standard InChI is InChI=1S/C17H25NO2/c1-13-6-7-15(14(2)11-13)12-18-10-4-3-5-16(18)8-9-17(19)20/h6-7,11,16H,3-5,8-10,12H2,1-2H3,(H,19,20). The highest BCUT2D eigenvalue weighted by molar-refractivity contribution is 5.66. The van der Waals surface area contributed by atoms with E-state index in [-0.39, 0.29) is 6.42 Å². The molecule has 1 heterocycles. The van der Waals surface area contributed by atoms with Gasteiger partial charge in [0.2, 0.25) is 0 Å². The van der Waals surface area contributed by atoms with Gasteiger partial charge in [-0.25, -0.2) is 0 Å². The third kappa shape index (κ3) is 4.07. The van der Waals surface area contributed by atoms with Gasteiger partial charge in [-0.15, -0.1) is 0 Å². The van der Waals surface area contributed by atoms with Crippen LogP contribution < -0.4 is 0 Å². The summed E-state index contributed by atoms with van der Waals surface area (Å²) in [5.74, 6) is -0.679. The first-order valence-corrected chi connectivity index (χ1v) is 7.58. The quantitative estimate of drug-likeness (QED) is 0.893. The molecule has 1 aliphatic heterocycles. The van der Waals surface area contributed by atoms with Crippen LogP contribution in [0, 0.1) is 13.8 Å². The van der Waals surface area contributed by atoms with Gasteiger partial charge < -0.3 is 5.11 Å². The molecule has 3 heteroatoms. The molecular formula is C17H25NO2. The number of hydrogen-bond acceptors (Lipinski definition) is 2. The summed E-state index contributed by atoms with van der Waals surface area (Å²) in [6.07, 6.45) is 4.66.